The number of hydrogen-bond acceptors (Lipinski definition) is 5. The number of aromatic nitrogens is 1. The lowest BCUT2D eigenvalue weighted by atomic mass is 10.3. The van der Waals surface area contributed by atoms with Gasteiger partial charge in [0.05, 0.1) is 0 Å². The average Bonchev–Trinajstić information content (AvgIpc) is 2.93. The number of para-hydroxylation sites is 2. The van der Waals surface area contributed by atoms with Gasteiger partial charge in [-0.25, -0.2) is 9.78 Å². The van der Waals surface area contributed by atoms with E-state index in [9.17, 15) is 9.59 Å². The number of benzene rings is 1. The van der Waals surface area contributed by atoms with Crippen LogP contribution in [0.1, 0.15) is 12.8 Å². The van der Waals surface area contributed by atoms with Gasteiger partial charge in [-0.3, -0.25) is 4.79 Å². The van der Waals surface area contributed by atoms with Crippen molar-refractivity contribution in [2.45, 2.75) is 13.0 Å². The van der Waals surface area contributed by atoms with E-state index in [0.29, 0.717) is 23.5 Å². The second-order valence-electron chi connectivity index (χ2n) is 4.47. The molecule has 0 saturated heterocycles. The van der Waals surface area contributed by atoms with E-state index in [2.05, 4.69) is 16.9 Å². The van der Waals surface area contributed by atoms with Gasteiger partial charge < -0.3 is 14.5 Å². The Morgan fingerprint density at radius 3 is 2.95 bits per heavy atom. The topological polar surface area (TPSA) is 81.4 Å². The minimum atomic E-state index is -0.888. The van der Waals surface area contributed by atoms with Crippen LogP contribution in [-0.4, -0.2) is 29.5 Å². The van der Waals surface area contributed by atoms with Crippen molar-refractivity contribution in [3.63, 3.8) is 0 Å². The summed E-state index contributed by atoms with van der Waals surface area (Å²) in [5.41, 5.74) is 1.33. The van der Waals surface area contributed by atoms with Gasteiger partial charge in [0.25, 0.3) is 5.91 Å². The highest BCUT2D eigenvalue weighted by Gasteiger charge is 2.15. The molecule has 1 aromatic carbocycles. The van der Waals surface area contributed by atoms with Crippen molar-refractivity contribution in [3.8, 4) is 0 Å². The molecule has 6 heteroatoms. The molecular formula is C16H16N2O4. The minimum Gasteiger partial charge on any atom is -0.449 e. The van der Waals surface area contributed by atoms with Gasteiger partial charge in [0.15, 0.2) is 11.7 Å². The summed E-state index contributed by atoms with van der Waals surface area (Å²) in [5.74, 6) is -0.742. The highest BCUT2D eigenvalue weighted by Crippen LogP contribution is 2.15. The molecule has 0 aliphatic rings. The molecule has 0 unspecified atom stereocenters. The second kappa shape index (κ2) is 7.21. The maximum atomic E-state index is 11.6. The third-order valence-corrected chi connectivity index (χ3v) is 2.76. The maximum absolute atomic E-state index is 11.6. The lowest BCUT2D eigenvalue weighted by Gasteiger charge is -2.10. The van der Waals surface area contributed by atoms with Gasteiger partial charge in [-0.05, 0) is 19.1 Å². The number of carbonyl (C=O) groups excluding carboxylic acids is 2. The fourth-order valence-electron chi connectivity index (χ4n) is 1.68. The molecule has 0 bridgehead atoms. The zero-order valence-corrected chi connectivity index (χ0v) is 12.1. The van der Waals surface area contributed by atoms with Crippen molar-refractivity contribution >= 4 is 29.1 Å². The number of esters is 1. The predicted molar refractivity (Wildman–Crippen MR) is 81.8 cm³/mol. The summed E-state index contributed by atoms with van der Waals surface area (Å²) in [7, 11) is 0. The third kappa shape index (κ3) is 4.05. The number of fused-ring (bicyclic) bond motifs is 1. The van der Waals surface area contributed by atoms with Crippen molar-refractivity contribution in [1.82, 2.24) is 10.3 Å². The van der Waals surface area contributed by atoms with Crippen LogP contribution in [0.15, 0.2) is 47.4 Å². The molecule has 0 spiro atoms. The maximum Gasteiger partial charge on any atom is 0.331 e. The molecule has 2 rings (SSSR count). The molecule has 1 aromatic heterocycles. The van der Waals surface area contributed by atoms with Crippen LogP contribution < -0.4 is 5.32 Å². The first-order valence-corrected chi connectivity index (χ1v) is 6.73. The molecule has 1 atom stereocenters. The quantitative estimate of drug-likeness (QED) is 0.502. The Morgan fingerprint density at radius 2 is 2.23 bits per heavy atom. The summed E-state index contributed by atoms with van der Waals surface area (Å²) in [6, 6.07) is 7.26. The molecule has 22 heavy (non-hydrogen) atoms. The number of hydrogen-bond donors (Lipinski definition) is 1. The lowest BCUT2D eigenvalue weighted by molar-refractivity contribution is -0.150. The number of amides is 1. The Morgan fingerprint density at radius 1 is 1.45 bits per heavy atom. The molecule has 0 aliphatic heterocycles. The van der Waals surface area contributed by atoms with Gasteiger partial charge in [-0.2, -0.15) is 0 Å². The van der Waals surface area contributed by atoms with Gasteiger partial charge in [-0.15, -0.1) is 6.58 Å². The van der Waals surface area contributed by atoms with Gasteiger partial charge in [0.1, 0.15) is 5.52 Å². The number of nitrogens with one attached hydrogen (secondary N) is 1. The number of ether oxygens (including phenoxy) is 1. The SMILES string of the molecule is C=CCNC(=O)[C@@H](C)OC(=O)/C=C/c1nc2ccccc2o1. The van der Waals surface area contributed by atoms with Crippen LogP contribution in [0.2, 0.25) is 0 Å². The molecule has 1 heterocycles. The Kier molecular flexibility index (Phi) is 5.08. The normalized spacial score (nSPS) is 12.2. The molecule has 0 radical (unpaired) electrons. The zero-order chi connectivity index (χ0) is 15.9. The molecule has 0 saturated carbocycles. The molecule has 6 nitrogen and oxygen atoms in total. The summed E-state index contributed by atoms with van der Waals surface area (Å²) in [5, 5.41) is 2.54. The van der Waals surface area contributed by atoms with E-state index < -0.39 is 12.1 Å². The van der Waals surface area contributed by atoms with Crippen molar-refractivity contribution in [2.24, 2.45) is 0 Å². The predicted octanol–water partition coefficient (Wildman–Crippen LogP) is 2.07. The van der Waals surface area contributed by atoms with E-state index in [4.69, 9.17) is 9.15 Å². The highest BCUT2D eigenvalue weighted by atomic mass is 16.5. The van der Waals surface area contributed by atoms with E-state index in [0.717, 1.165) is 0 Å². The lowest BCUT2D eigenvalue weighted by Crippen LogP contribution is -2.35. The molecule has 2 aromatic rings. The van der Waals surface area contributed by atoms with Crippen molar-refractivity contribution in [2.75, 3.05) is 6.54 Å². The fourth-order valence-corrected chi connectivity index (χ4v) is 1.68. The smallest absolute Gasteiger partial charge is 0.331 e. The van der Waals surface area contributed by atoms with Crippen molar-refractivity contribution in [3.05, 3.63) is 48.9 Å². The Labute approximate surface area is 127 Å². The van der Waals surface area contributed by atoms with Crippen molar-refractivity contribution in [1.29, 1.82) is 0 Å². The summed E-state index contributed by atoms with van der Waals surface area (Å²) in [4.78, 5) is 27.4. The molecule has 114 valence electrons. The molecule has 1 amide bonds. The van der Waals surface area contributed by atoms with Gasteiger partial charge in [0, 0.05) is 18.7 Å². The molecular weight excluding hydrogens is 284 g/mol. The minimum absolute atomic E-state index is 0.293. The van der Waals surface area contributed by atoms with Crippen molar-refractivity contribution < 1.29 is 18.7 Å². The van der Waals surface area contributed by atoms with Gasteiger partial charge >= 0.3 is 5.97 Å². The number of oxazole rings is 1. The molecule has 0 aliphatic carbocycles. The molecule has 0 fully saturated rings. The van der Waals surface area contributed by atoms with Crippen LogP contribution in [0.5, 0.6) is 0 Å². The Balaban J connectivity index is 1.93. The summed E-state index contributed by atoms with van der Waals surface area (Å²) >= 11 is 0. The summed E-state index contributed by atoms with van der Waals surface area (Å²) < 4.78 is 10.4. The van der Waals surface area contributed by atoms with Crippen LogP contribution in [0.3, 0.4) is 0 Å². The Bertz CT molecular complexity index is 685. The van der Waals surface area contributed by atoms with Crippen LogP contribution in [0, 0.1) is 0 Å². The second-order valence-corrected chi connectivity index (χ2v) is 4.47. The van der Waals surface area contributed by atoms with Crippen LogP contribution in [0.4, 0.5) is 0 Å². The van der Waals surface area contributed by atoms with Gasteiger partial charge in [-0.1, -0.05) is 18.2 Å². The van der Waals surface area contributed by atoms with Crippen LogP contribution in [0.25, 0.3) is 17.2 Å². The third-order valence-electron chi connectivity index (χ3n) is 2.76. The number of carbonyl (C=O) groups is 2. The van der Waals surface area contributed by atoms with Crippen LogP contribution in [-0.2, 0) is 14.3 Å². The monoisotopic (exact) mass is 300 g/mol. The van der Waals surface area contributed by atoms with Gasteiger partial charge in [0.2, 0.25) is 5.89 Å². The fraction of sp³-hybridized carbons (Fsp3) is 0.188. The number of nitrogens with zero attached hydrogens (tertiary/aromatic N) is 1. The Hall–Kier alpha value is -2.89. The summed E-state index contributed by atoms with van der Waals surface area (Å²) in [6.07, 6.45) is 3.22. The zero-order valence-electron chi connectivity index (χ0n) is 12.1. The van der Waals surface area contributed by atoms with E-state index in [1.165, 1.54) is 19.1 Å². The summed E-state index contributed by atoms with van der Waals surface area (Å²) in [6.45, 7) is 5.29. The first-order valence-electron chi connectivity index (χ1n) is 6.73. The highest BCUT2D eigenvalue weighted by molar-refractivity contribution is 5.90. The average molecular weight is 300 g/mol. The largest absolute Gasteiger partial charge is 0.449 e. The number of rotatable bonds is 6. The molecule has 1 N–H and O–H groups in total. The van der Waals surface area contributed by atoms with E-state index in [-0.39, 0.29) is 5.91 Å². The van der Waals surface area contributed by atoms with E-state index in [1.807, 2.05) is 12.1 Å². The van der Waals surface area contributed by atoms with Crippen LogP contribution >= 0.6 is 0 Å². The standard InChI is InChI=1S/C16H16N2O4/c1-3-10-17-16(20)11(2)21-15(19)9-8-14-18-12-6-4-5-7-13(12)22-14/h3-9,11H,1,10H2,2H3,(H,17,20)/b9-8+/t11-/m1/s1. The van der Waals surface area contributed by atoms with E-state index >= 15 is 0 Å². The first-order chi connectivity index (χ1) is 10.6. The first kappa shape index (κ1) is 15.5. The van der Waals surface area contributed by atoms with E-state index in [1.54, 1.807) is 18.2 Å².